The maximum atomic E-state index is 12.8. The Morgan fingerprint density at radius 3 is 2.37 bits per heavy atom. The van der Waals surface area contributed by atoms with Gasteiger partial charge in [0.05, 0.1) is 38.5 Å². The minimum absolute atomic E-state index is 0.194. The van der Waals surface area contributed by atoms with Gasteiger partial charge in [0.25, 0.3) is 0 Å². The van der Waals surface area contributed by atoms with E-state index in [1.807, 2.05) is 31.2 Å². The van der Waals surface area contributed by atoms with Crippen molar-refractivity contribution in [2.75, 3.05) is 32.8 Å². The van der Waals surface area contributed by atoms with Crippen LogP contribution in [0, 0.1) is 5.41 Å². The van der Waals surface area contributed by atoms with Crippen LogP contribution in [0.2, 0.25) is 0 Å². The molecule has 1 saturated heterocycles. The summed E-state index contributed by atoms with van der Waals surface area (Å²) in [5.41, 5.74) is 0.675. The number of hydrogen-bond donors (Lipinski definition) is 1. The van der Waals surface area contributed by atoms with Crippen molar-refractivity contribution in [3.05, 3.63) is 52.5 Å². The SMILES string of the molecule is COc1ccc(NC(=O)C2(C)COC(c3ccc(Br)cc3)OC2)c(OC)c1. The summed E-state index contributed by atoms with van der Waals surface area (Å²) in [5, 5.41) is 2.90. The average Bonchev–Trinajstić information content (AvgIpc) is 2.69. The average molecular weight is 436 g/mol. The molecular formula is C20H22BrNO5. The lowest BCUT2D eigenvalue weighted by Gasteiger charge is -2.36. The molecule has 0 aliphatic carbocycles. The van der Waals surface area contributed by atoms with Gasteiger partial charge in [0.15, 0.2) is 6.29 Å². The number of halogens is 1. The van der Waals surface area contributed by atoms with Crippen molar-refractivity contribution in [1.29, 1.82) is 0 Å². The van der Waals surface area contributed by atoms with E-state index in [4.69, 9.17) is 18.9 Å². The largest absolute Gasteiger partial charge is 0.497 e. The molecule has 6 nitrogen and oxygen atoms in total. The number of benzene rings is 2. The topological polar surface area (TPSA) is 66.0 Å². The molecule has 2 aromatic rings. The van der Waals surface area contributed by atoms with Crippen LogP contribution in [-0.4, -0.2) is 33.3 Å². The summed E-state index contributed by atoms with van der Waals surface area (Å²) in [6, 6.07) is 12.9. The van der Waals surface area contributed by atoms with Crippen molar-refractivity contribution in [1.82, 2.24) is 0 Å². The molecule has 1 N–H and O–H groups in total. The van der Waals surface area contributed by atoms with Gasteiger partial charge < -0.3 is 24.3 Å². The van der Waals surface area contributed by atoms with Crippen LogP contribution in [0.25, 0.3) is 0 Å². The Bertz CT molecular complexity index is 801. The predicted molar refractivity (Wildman–Crippen MR) is 105 cm³/mol. The van der Waals surface area contributed by atoms with E-state index in [9.17, 15) is 4.79 Å². The van der Waals surface area contributed by atoms with E-state index in [1.165, 1.54) is 0 Å². The molecule has 0 unspecified atom stereocenters. The van der Waals surface area contributed by atoms with E-state index >= 15 is 0 Å². The van der Waals surface area contributed by atoms with Gasteiger partial charge in [-0.25, -0.2) is 0 Å². The van der Waals surface area contributed by atoms with Crippen LogP contribution in [0.1, 0.15) is 18.8 Å². The van der Waals surface area contributed by atoms with E-state index < -0.39 is 11.7 Å². The number of anilines is 1. The molecule has 1 fully saturated rings. The molecule has 1 heterocycles. The third-order valence-electron chi connectivity index (χ3n) is 4.45. The van der Waals surface area contributed by atoms with Crippen LogP contribution in [-0.2, 0) is 14.3 Å². The predicted octanol–water partition coefficient (Wildman–Crippen LogP) is 4.16. The Hall–Kier alpha value is -2.09. The molecule has 0 aromatic heterocycles. The fourth-order valence-electron chi connectivity index (χ4n) is 2.73. The Kier molecular flexibility index (Phi) is 6.04. The minimum Gasteiger partial charge on any atom is -0.497 e. The highest BCUT2D eigenvalue weighted by Crippen LogP contribution is 2.35. The third-order valence-corrected chi connectivity index (χ3v) is 4.98. The summed E-state index contributed by atoms with van der Waals surface area (Å²) < 4.78 is 23.1. The first-order valence-corrected chi connectivity index (χ1v) is 9.26. The standard InChI is InChI=1S/C20H22BrNO5/c1-20(11-26-18(27-12-20)13-4-6-14(21)7-5-13)19(23)22-16-9-8-15(24-2)10-17(16)25-3/h4-10,18H,11-12H2,1-3H3,(H,22,23). The Balaban J connectivity index is 1.66. The van der Waals surface area contributed by atoms with Gasteiger partial charge in [0.2, 0.25) is 5.91 Å². The molecule has 3 rings (SSSR count). The quantitative estimate of drug-likeness (QED) is 0.763. The highest BCUT2D eigenvalue weighted by atomic mass is 79.9. The number of methoxy groups -OCH3 is 2. The molecule has 144 valence electrons. The van der Waals surface area contributed by atoms with Crippen molar-refractivity contribution >= 4 is 27.5 Å². The molecule has 7 heteroatoms. The van der Waals surface area contributed by atoms with Gasteiger partial charge in [0, 0.05) is 16.1 Å². The Morgan fingerprint density at radius 2 is 1.78 bits per heavy atom. The first-order chi connectivity index (χ1) is 12.9. The second kappa shape index (κ2) is 8.29. The lowest BCUT2D eigenvalue weighted by Crippen LogP contribution is -2.45. The second-order valence-electron chi connectivity index (χ2n) is 6.59. The van der Waals surface area contributed by atoms with Gasteiger partial charge in [-0.3, -0.25) is 4.79 Å². The first-order valence-electron chi connectivity index (χ1n) is 8.47. The number of nitrogens with one attached hydrogen (secondary N) is 1. The highest BCUT2D eigenvalue weighted by molar-refractivity contribution is 9.10. The number of rotatable bonds is 5. The fourth-order valence-corrected chi connectivity index (χ4v) is 2.99. The zero-order chi connectivity index (χ0) is 19.4. The van der Waals surface area contributed by atoms with Crippen LogP contribution >= 0.6 is 15.9 Å². The minimum atomic E-state index is -0.809. The molecule has 27 heavy (non-hydrogen) atoms. The lowest BCUT2D eigenvalue weighted by molar-refractivity contribution is -0.226. The van der Waals surface area contributed by atoms with Crippen molar-refractivity contribution in [3.8, 4) is 11.5 Å². The fraction of sp³-hybridized carbons (Fsp3) is 0.350. The molecule has 1 amide bonds. The van der Waals surface area contributed by atoms with Crippen LogP contribution in [0.3, 0.4) is 0 Å². The molecule has 0 bridgehead atoms. The Morgan fingerprint density at radius 1 is 1.11 bits per heavy atom. The molecule has 0 saturated carbocycles. The molecule has 0 radical (unpaired) electrons. The summed E-state index contributed by atoms with van der Waals surface area (Å²) in [7, 11) is 3.12. The summed E-state index contributed by atoms with van der Waals surface area (Å²) >= 11 is 3.41. The van der Waals surface area contributed by atoms with Crippen LogP contribution in [0.5, 0.6) is 11.5 Å². The first kappa shape index (κ1) is 19.7. The van der Waals surface area contributed by atoms with Gasteiger partial charge >= 0.3 is 0 Å². The van der Waals surface area contributed by atoms with Gasteiger partial charge in [-0.2, -0.15) is 0 Å². The molecule has 1 aliphatic heterocycles. The van der Waals surface area contributed by atoms with Crippen molar-refractivity contribution in [2.45, 2.75) is 13.2 Å². The van der Waals surface area contributed by atoms with Crippen LogP contribution in [0.15, 0.2) is 46.9 Å². The zero-order valence-corrected chi connectivity index (χ0v) is 17.0. The molecule has 0 atom stereocenters. The number of ether oxygens (including phenoxy) is 4. The second-order valence-corrected chi connectivity index (χ2v) is 7.50. The summed E-state index contributed by atoms with van der Waals surface area (Å²) in [4.78, 5) is 12.8. The number of carbonyl (C=O) groups excluding carboxylic acids is 1. The zero-order valence-electron chi connectivity index (χ0n) is 15.5. The maximum absolute atomic E-state index is 12.8. The lowest BCUT2D eigenvalue weighted by atomic mass is 9.90. The normalized spacial score (nSPS) is 22.1. The summed E-state index contributed by atoms with van der Waals surface area (Å²) in [6.07, 6.45) is -0.477. The summed E-state index contributed by atoms with van der Waals surface area (Å²) in [6.45, 7) is 2.31. The van der Waals surface area contributed by atoms with Crippen molar-refractivity contribution in [3.63, 3.8) is 0 Å². The molecule has 1 aliphatic rings. The smallest absolute Gasteiger partial charge is 0.235 e. The van der Waals surface area contributed by atoms with Crippen molar-refractivity contribution < 1.29 is 23.7 Å². The van der Waals surface area contributed by atoms with E-state index in [-0.39, 0.29) is 19.1 Å². The van der Waals surface area contributed by atoms with Crippen LogP contribution < -0.4 is 14.8 Å². The maximum Gasteiger partial charge on any atom is 0.235 e. The Labute approximate surface area is 166 Å². The van der Waals surface area contributed by atoms with E-state index in [1.54, 1.807) is 32.4 Å². The van der Waals surface area contributed by atoms with E-state index in [2.05, 4.69) is 21.2 Å². The molecule has 0 spiro atoms. The van der Waals surface area contributed by atoms with Gasteiger partial charge in [-0.15, -0.1) is 0 Å². The summed E-state index contributed by atoms with van der Waals surface area (Å²) in [5.74, 6) is 0.981. The van der Waals surface area contributed by atoms with E-state index in [0.717, 1.165) is 10.0 Å². The highest BCUT2D eigenvalue weighted by Gasteiger charge is 2.40. The van der Waals surface area contributed by atoms with Gasteiger partial charge in [0.1, 0.15) is 11.5 Å². The molecular weight excluding hydrogens is 414 g/mol. The van der Waals surface area contributed by atoms with Gasteiger partial charge in [-0.1, -0.05) is 28.1 Å². The number of amides is 1. The third kappa shape index (κ3) is 4.43. The molecule has 2 aromatic carbocycles. The van der Waals surface area contributed by atoms with Crippen LogP contribution in [0.4, 0.5) is 5.69 Å². The van der Waals surface area contributed by atoms with Gasteiger partial charge in [-0.05, 0) is 31.2 Å². The number of hydrogen-bond acceptors (Lipinski definition) is 5. The van der Waals surface area contributed by atoms with Crippen molar-refractivity contribution in [2.24, 2.45) is 5.41 Å². The monoisotopic (exact) mass is 435 g/mol. The number of carbonyl (C=O) groups is 1. The van der Waals surface area contributed by atoms with E-state index in [0.29, 0.717) is 17.2 Å².